The van der Waals surface area contributed by atoms with Crippen LogP contribution in [0, 0.1) is 5.41 Å². The molecule has 3 aliphatic rings. The van der Waals surface area contributed by atoms with Crippen LogP contribution in [-0.4, -0.2) is 53.0 Å². The van der Waals surface area contributed by atoms with E-state index >= 15 is 0 Å². The number of carbonyl (C=O) groups is 1. The SMILES string of the molecule is O=C(NCCc1ccccc1)N1CCC(N2CC3(CCCCC3)C2c2ccncc2)CC1. The summed E-state index contributed by atoms with van der Waals surface area (Å²) in [5.41, 5.74) is 3.17. The molecule has 5 rings (SSSR count). The number of rotatable bonds is 5. The molecule has 2 saturated heterocycles. The number of piperidine rings is 1. The van der Waals surface area contributed by atoms with Crippen molar-refractivity contribution in [1.82, 2.24) is 20.1 Å². The maximum absolute atomic E-state index is 12.7. The summed E-state index contributed by atoms with van der Waals surface area (Å²) in [5.74, 6) is 0. The molecule has 2 aliphatic heterocycles. The monoisotopic (exact) mass is 432 g/mol. The molecule has 1 atom stereocenters. The zero-order valence-electron chi connectivity index (χ0n) is 19.1. The van der Waals surface area contributed by atoms with Crippen LogP contribution in [0.1, 0.15) is 62.1 Å². The normalized spacial score (nSPS) is 23.6. The van der Waals surface area contributed by atoms with Crippen molar-refractivity contribution in [3.63, 3.8) is 0 Å². The van der Waals surface area contributed by atoms with Gasteiger partial charge in [0.05, 0.1) is 0 Å². The Labute approximate surface area is 192 Å². The number of urea groups is 1. The number of hydrogen-bond acceptors (Lipinski definition) is 3. The van der Waals surface area contributed by atoms with Crippen LogP contribution in [0.2, 0.25) is 0 Å². The molecule has 5 heteroatoms. The van der Waals surface area contributed by atoms with Gasteiger partial charge in [0.25, 0.3) is 0 Å². The lowest BCUT2D eigenvalue weighted by Gasteiger charge is -2.63. The molecular weight excluding hydrogens is 396 g/mol. The third-order valence-corrected chi connectivity index (χ3v) is 8.03. The van der Waals surface area contributed by atoms with E-state index in [2.05, 4.69) is 39.5 Å². The van der Waals surface area contributed by atoms with Crippen molar-refractivity contribution in [2.75, 3.05) is 26.2 Å². The second-order valence-corrected chi connectivity index (χ2v) is 9.96. The van der Waals surface area contributed by atoms with Gasteiger partial charge in [-0.1, -0.05) is 49.6 Å². The van der Waals surface area contributed by atoms with Crippen molar-refractivity contribution in [1.29, 1.82) is 0 Å². The number of benzene rings is 1. The number of pyridine rings is 1. The van der Waals surface area contributed by atoms with Crippen molar-refractivity contribution in [2.45, 2.75) is 63.5 Å². The van der Waals surface area contributed by atoms with Gasteiger partial charge in [-0.3, -0.25) is 9.88 Å². The van der Waals surface area contributed by atoms with E-state index in [4.69, 9.17) is 0 Å². The molecule has 3 fully saturated rings. The Morgan fingerprint density at radius 3 is 2.44 bits per heavy atom. The number of nitrogens with zero attached hydrogens (tertiary/aromatic N) is 3. The van der Waals surface area contributed by atoms with Crippen LogP contribution in [0.5, 0.6) is 0 Å². The van der Waals surface area contributed by atoms with Crippen molar-refractivity contribution in [3.8, 4) is 0 Å². The average molecular weight is 433 g/mol. The molecule has 1 aromatic heterocycles. The second-order valence-electron chi connectivity index (χ2n) is 9.96. The van der Waals surface area contributed by atoms with Crippen LogP contribution in [-0.2, 0) is 6.42 Å². The summed E-state index contributed by atoms with van der Waals surface area (Å²) in [6.45, 7) is 3.64. The van der Waals surface area contributed by atoms with Gasteiger partial charge in [0, 0.05) is 56.1 Å². The molecule has 1 aromatic carbocycles. The van der Waals surface area contributed by atoms with E-state index < -0.39 is 0 Å². The Bertz CT molecular complexity index is 873. The fourth-order valence-electron chi connectivity index (χ4n) is 6.37. The molecule has 5 nitrogen and oxygen atoms in total. The number of carbonyl (C=O) groups excluding carboxylic acids is 1. The molecule has 170 valence electrons. The Kier molecular flexibility index (Phi) is 6.44. The Balaban J connectivity index is 1.15. The Morgan fingerprint density at radius 2 is 1.72 bits per heavy atom. The molecule has 1 unspecified atom stereocenters. The van der Waals surface area contributed by atoms with Crippen LogP contribution in [0.3, 0.4) is 0 Å². The Morgan fingerprint density at radius 1 is 1.00 bits per heavy atom. The molecule has 32 heavy (non-hydrogen) atoms. The minimum absolute atomic E-state index is 0.0948. The van der Waals surface area contributed by atoms with Crippen molar-refractivity contribution >= 4 is 6.03 Å². The molecular formula is C27H36N4O. The van der Waals surface area contributed by atoms with Crippen LogP contribution in [0.4, 0.5) is 4.79 Å². The fourth-order valence-corrected chi connectivity index (χ4v) is 6.37. The zero-order valence-corrected chi connectivity index (χ0v) is 19.1. The first-order valence-corrected chi connectivity index (χ1v) is 12.5. The second kappa shape index (κ2) is 9.62. The first-order chi connectivity index (χ1) is 15.8. The first kappa shape index (κ1) is 21.4. The van der Waals surface area contributed by atoms with Crippen molar-refractivity contribution in [3.05, 3.63) is 66.0 Å². The van der Waals surface area contributed by atoms with Gasteiger partial charge in [-0.15, -0.1) is 0 Å². The topological polar surface area (TPSA) is 48.5 Å². The number of hydrogen-bond donors (Lipinski definition) is 1. The van der Waals surface area contributed by atoms with Crippen LogP contribution >= 0.6 is 0 Å². The summed E-state index contributed by atoms with van der Waals surface area (Å²) >= 11 is 0. The molecule has 0 bridgehead atoms. The lowest BCUT2D eigenvalue weighted by molar-refractivity contribution is -0.132. The number of likely N-dealkylation sites (tertiary alicyclic amines) is 2. The predicted octanol–water partition coefficient (Wildman–Crippen LogP) is 4.81. The highest BCUT2D eigenvalue weighted by Crippen LogP contribution is 2.58. The summed E-state index contributed by atoms with van der Waals surface area (Å²) in [6, 6.07) is 16.0. The smallest absolute Gasteiger partial charge is 0.317 e. The number of aromatic nitrogens is 1. The molecule has 1 N–H and O–H groups in total. The highest BCUT2D eigenvalue weighted by Gasteiger charge is 2.54. The summed E-state index contributed by atoms with van der Waals surface area (Å²) in [5, 5.41) is 3.12. The third-order valence-electron chi connectivity index (χ3n) is 8.03. The van der Waals surface area contributed by atoms with E-state index in [9.17, 15) is 4.79 Å². The van der Waals surface area contributed by atoms with E-state index in [1.807, 2.05) is 35.5 Å². The maximum atomic E-state index is 12.7. The minimum atomic E-state index is 0.0948. The van der Waals surface area contributed by atoms with Crippen LogP contribution < -0.4 is 5.32 Å². The van der Waals surface area contributed by atoms with E-state index in [1.165, 1.54) is 49.8 Å². The van der Waals surface area contributed by atoms with Gasteiger partial charge in [0.15, 0.2) is 0 Å². The molecule has 1 aliphatic carbocycles. The fraction of sp³-hybridized carbons (Fsp3) is 0.556. The summed E-state index contributed by atoms with van der Waals surface area (Å²) in [7, 11) is 0. The summed E-state index contributed by atoms with van der Waals surface area (Å²) < 4.78 is 0. The quantitative estimate of drug-likeness (QED) is 0.738. The molecule has 3 heterocycles. The molecule has 2 amide bonds. The third kappa shape index (κ3) is 4.40. The number of amides is 2. The highest BCUT2D eigenvalue weighted by atomic mass is 16.2. The van der Waals surface area contributed by atoms with Crippen molar-refractivity contribution in [2.24, 2.45) is 5.41 Å². The van der Waals surface area contributed by atoms with Gasteiger partial charge in [0.2, 0.25) is 0 Å². The van der Waals surface area contributed by atoms with Crippen LogP contribution in [0.15, 0.2) is 54.9 Å². The largest absolute Gasteiger partial charge is 0.338 e. The van der Waals surface area contributed by atoms with Gasteiger partial charge >= 0.3 is 6.03 Å². The average Bonchev–Trinajstić information content (AvgIpc) is 2.85. The lowest BCUT2D eigenvalue weighted by Crippen LogP contribution is -2.64. The summed E-state index contributed by atoms with van der Waals surface area (Å²) in [4.78, 5) is 21.7. The molecule has 1 saturated carbocycles. The van der Waals surface area contributed by atoms with Gasteiger partial charge in [-0.25, -0.2) is 4.79 Å². The molecule has 0 radical (unpaired) electrons. The highest BCUT2D eigenvalue weighted by molar-refractivity contribution is 5.74. The van der Waals surface area contributed by atoms with E-state index in [-0.39, 0.29) is 6.03 Å². The van der Waals surface area contributed by atoms with Gasteiger partial charge in [-0.2, -0.15) is 0 Å². The van der Waals surface area contributed by atoms with Crippen LogP contribution in [0.25, 0.3) is 0 Å². The Hall–Kier alpha value is -2.40. The van der Waals surface area contributed by atoms with E-state index in [1.54, 1.807) is 0 Å². The predicted molar refractivity (Wildman–Crippen MR) is 127 cm³/mol. The first-order valence-electron chi connectivity index (χ1n) is 12.5. The zero-order chi connectivity index (χ0) is 21.8. The molecule has 2 aromatic rings. The number of nitrogens with one attached hydrogen (secondary N) is 1. The minimum Gasteiger partial charge on any atom is -0.338 e. The van der Waals surface area contributed by atoms with E-state index in [0.29, 0.717) is 24.0 Å². The van der Waals surface area contributed by atoms with Gasteiger partial charge in [-0.05, 0) is 55.4 Å². The summed E-state index contributed by atoms with van der Waals surface area (Å²) in [6.07, 6.45) is 13.8. The van der Waals surface area contributed by atoms with Gasteiger partial charge < -0.3 is 10.2 Å². The van der Waals surface area contributed by atoms with Crippen molar-refractivity contribution < 1.29 is 4.79 Å². The molecule has 1 spiro atoms. The van der Waals surface area contributed by atoms with E-state index in [0.717, 1.165) is 32.4 Å². The maximum Gasteiger partial charge on any atom is 0.317 e. The standard InChI is InChI=1S/C27H36N4O/c32-26(29-18-9-22-7-3-1-4-8-22)30-19-12-24(13-20-30)31-21-27(14-5-2-6-15-27)25(31)23-10-16-28-17-11-23/h1,3-4,7-8,10-11,16-17,24-25H,2,5-6,9,12-15,18-21H2,(H,29,32). The van der Waals surface area contributed by atoms with Gasteiger partial charge in [0.1, 0.15) is 0 Å². The lowest BCUT2D eigenvalue weighted by atomic mass is 9.60.